The lowest BCUT2D eigenvalue weighted by Crippen LogP contribution is -2.11. The molecule has 1 unspecified atom stereocenters. The number of ether oxygens (including phenoxy) is 3. The molecule has 0 heterocycles. The maximum Gasteiger partial charge on any atom is 0.331 e. The van der Waals surface area contributed by atoms with Gasteiger partial charge in [-0.3, -0.25) is 0 Å². The molecule has 0 saturated heterocycles. The minimum atomic E-state index is -0.347. The standard InChI is InChI=1S/C19H28O4/c1-5-12-21-17-9-10-18(22-13-6-2)16(14-17)8-11-19(20)23-15(4)7-3/h8-11,14-15H,5-7,12-13H2,1-4H3. The third-order valence-electron chi connectivity index (χ3n) is 3.21. The molecule has 1 aromatic rings. The Morgan fingerprint density at radius 3 is 2.48 bits per heavy atom. The predicted molar refractivity (Wildman–Crippen MR) is 92.9 cm³/mol. The normalized spacial score (nSPS) is 12.2. The van der Waals surface area contributed by atoms with Crippen molar-refractivity contribution in [2.75, 3.05) is 13.2 Å². The molecule has 0 bridgehead atoms. The number of carbonyl (C=O) groups excluding carboxylic acids is 1. The lowest BCUT2D eigenvalue weighted by molar-refractivity contribution is -0.142. The van der Waals surface area contributed by atoms with Crippen molar-refractivity contribution < 1.29 is 19.0 Å². The molecular weight excluding hydrogens is 292 g/mol. The summed E-state index contributed by atoms with van der Waals surface area (Å²) in [6.07, 6.45) is 5.74. The zero-order valence-corrected chi connectivity index (χ0v) is 14.6. The Labute approximate surface area is 139 Å². The van der Waals surface area contributed by atoms with Crippen LogP contribution in [0.25, 0.3) is 6.08 Å². The summed E-state index contributed by atoms with van der Waals surface area (Å²) >= 11 is 0. The Kier molecular flexibility index (Phi) is 8.88. The van der Waals surface area contributed by atoms with Gasteiger partial charge in [0.05, 0.1) is 19.3 Å². The number of rotatable bonds is 10. The number of hydrogen-bond acceptors (Lipinski definition) is 4. The van der Waals surface area contributed by atoms with Crippen molar-refractivity contribution in [1.29, 1.82) is 0 Å². The van der Waals surface area contributed by atoms with Crippen molar-refractivity contribution in [1.82, 2.24) is 0 Å². The first kappa shape index (κ1) is 19.1. The average molecular weight is 320 g/mol. The van der Waals surface area contributed by atoms with E-state index >= 15 is 0 Å². The van der Waals surface area contributed by atoms with Crippen molar-refractivity contribution in [3.8, 4) is 11.5 Å². The van der Waals surface area contributed by atoms with Crippen LogP contribution in [0.2, 0.25) is 0 Å². The molecule has 0 amide bonds. The number of benzene rings is 1. The summed E-state index contributed by atoms with van der Waals surface area (Å²) in [5.41, 5.74) is 0.813. The summed E-state index contributed by atoms with van der Waals surface area (Å²) < 4.78 is 16.6. The van der Waals surface area contributed by atoms with E-state index in [9.17, 15) is 4.79 Å². The van der Waals surface area contributed by atoms with Crippen LogP contribution in [0.5, 0.6) is 11.5 Å². The van der Waals surface area contributed by atoms with Gasteiger partial charge in [0.15, 0.2) is 0 Å². The third-order valence-corrected chi connectivity index (χ3v) is 3.21. The van der Waals surface area contributed by atoms with Crippen molar-refractivity contribution in [3.63, 3.8) is 0 Å². The molecule has 0 aliphatic carbocycles. The van der Waals surface area contributed by atoms with Crippen LogP contribution in [-0.4, -0.2) is 25.3 Å². The maximum absolute atomic E-state index is 11.8. The molecule has 0 fully saturated rings. The zero-order chi connectivity index (χ0) is 17.1. The first-order chi connectivity index (χ1) is 11.1. The van der Waals surface area contributed by atoms with E-state index in [0.717, 1.165) is 36.3 Å². The molecule has 0 N–H and O–H groups in total. The molecule has 4 nitrogen and oxygen atoms in total. The lowest BCUT2D eigenvalue weighted by Gasteiger charge is -2.11. The van der Waals surface area contributed by atoms with Crippen LogP contribution in [0.1, 0.15) is 52.5 Å². The highest BCUT2D eigenvalue weighted by molar-refractivity contribution is 5.87. The van der Waals surface area contributed by atoms with Crippen LogP contribution in [0, 0.1) is 0 Å². The minimum Gasteiger partial charge on any atom is -0.494 e. The fraction of sp³-hybridized carbons (Fsp3) is 0.526. The van der Waals surface area contributed by atoms with Gasteiger partial charge in [-0.2, -0.15) is 0 Å². The van der Waals surface area contributed by atoms with E-state index in [1.807, 2.05) is 32.0 Å². The highest BCUT2D eigenvalue weighted by Crippen LogP contribution is 2.26. The molecule has 1 aromatic carbocycles. The molecule has 0 aliphatic rings. The maximum atomic E-state index is 11.8. The quantitative estimate of drug-likeness (QED) is 0.466. The van der Waals surface area contributed by atoms with Gasteiger partial charge in [-0.05, 0) is 50.5 Å². The van der Waals surface area contributed by atoms with Gasteiger partial charge in [0, 0.05) is 11.6 Å². The highest BCUT2D eigenvalue weighted by atomic mass is 16.5. The fourth-order valence-corrected chi connectivity index (χ4v) is 1.79. The second-order valence-corrected chi connectivity index (χ2v) is 5.39. The van der Waals surface area contributed by atoms with Crippen molar-refractivity contribution in [3.05, 3.63) is 29.8 Å². The molecule has 4 heteroatoms. The Hall–Kier alpha value is -1.97. The van der Waals surface area contributed by atoms with Gasteiger partial charge in [0.2, 0.25) is 0 Å². The number of esters is 1. The molecular formula is C19H28O4. The summed E-state index contributed by atoms with van der Waals surface area (Å²) in [5, 5.41) is 0. The Morgan fingerprint density at radius 1 is 1.13 bits per heavy atom. The van der Waals surface area contributed by atoms with Crippen LogP contribution >= 0.6 is 0 Å². The van der Waals surface area contributed by atoms with E-state index in [2.05, 4.69) is 13.8 Å². The number of hydrogen-bond donors (Lipinski definition) is 0. The van der Waals surface area contributed by atoms with E-state index in [-0.39, 0.29) is 12.1 Å². The van der Waals surface area contributed by atoms with Crippen LogP contribution < -0.4 is 9.47 Å². The van der Waals surface area contributed by atoms with Gasteiger partial charge in [-0.25, -0.2) is 4.79 Å². The lowest BCUT2D eigenvalue weighted by atomic mass is 10.1. The first-order valence-electron chi connectivity index (χ1n) is 8.39. The Bertz CT molecular complexity index is 508. The van der Waals surface area contributed by atoms with Crippen molar-refractivity contribution in [2.45, 2.75) is 53.1 Å². The van der Waals surface area contributed by atoms with Gasteiger partial charge >= 0.3 is 5.97 Å². The SMILES string of the molecule is CCCOc1ccc(OCCC)c(C=CC(=O)OC(C)CC)c1. The molecule has 1 atom stereocenters. The van der Waals surface area contributed by atoms with E-state index in [4.69, 9.17) is 14.2 Å². The van der Waals surface area contributed by atoms with Gasteiger partial charge in [-0.1, -0.05) is 20.8 Å². The van der Waals surface area contributed by atoms with E-state index in [1.165, 1.54) is 6.08 Å². The summed E-state index contributed by atoms with van der Waals surface area (Å²) in [7, 11) is 0. The topological polar surface area (TPSA) is 44.8 Å². The first-order valence-corrected chi connectivity index (χ1v) is 8.39. The van der Waals surface area contributed by atoms with Gasteiger partial charge < -0.3 is 14.2 Å². The second-order valence-electron chi connectivity index (χ2n) is 5.39. The minimum absolute atomic E-state index is 0.0813. The fourth-order valence-electron chi connectivity index (χ4n) is 1.79. The van der Waals surface area contributed by atoms with Crippen LogP contribution in [0.4, 0.5) is 0 Å². The molecule has 0 radical (unpaired) electrons. The summed E-state index contributed by atoms with van der Waals surface area (Å²) in [6.45, 7) is 9.26. The molecule has 23 heavy (non-hydrogen) atoms. The monoisotopic (exact) mass is 320 g/mol. The predicted octanol–water partition coefficient (Wildman–Crippen LogP) is 4.62. The molecule has 0 saturated carbocycles. The Balaban J connectivity index is 2.87. The van der Waals surface area contributed by atoms with E-state index < -0.39 is 0 Å². The van der Waals surface area contributed by atoms with Crippen molar-refractivity contribution >= 4 is 12.0 Å². The van der Waals surface area contributed by atoms with Crippen LogP contribution in [0.15, 0.2) is 24.3 Å². The largest absolute Gasteiger partial charge is 0.494 e. The van der Waals surface area contributed by atoms with Crippen LogP contribution in [0.3, 0.4) is 0 Å². The van der Waals surface area contributed by atoms with E-state index in [1.54, 1.807) is 6.08 Å². The second kappa shape index (κ2) is 10.7. The summed E-state index contributed by atoms with van der Waals surface area (Å²) in [6, 6.07) is 5.64. The van der Waals surface area contributed by atoms with Gasteiger partial charge in [-0.15, -0.1) is 0 Å². The molecule has 0 aromatic heterocycles. The number of carbonyl (C=O) groups is 1. The smallest absolute Gasteiger partial charge is 0.331 e. The average Bonchev–Trinajstić information content (AvgIpc) is 2.56. The molecule has 128 valence electrons. The third kappa shape index (κ3) is 7.22. The van der Waals surface area contributed by atoms with Gasteiger partial charge in [0.1, 0.15) is 11.5 Å². The van der Waals surface area contributed by atoms with Gasteiger partial charge in [0.25, 0.3) is 0 Å². The molecule has 0 aliphatic heterocycles. The zero-order valence-electron chi connectivity index (χ0n) is 14.6. The molecule has 1 rings (SSSR count). The highest BCUT2D eigenvalue weighted by Gasteiger charge is 2.07. The Morgan fingerprint density at radius 2 is 1.83 bits per heavy atom. The molecule has 0 spiro atoms. The summed E-state index contributed by atoms with van der Waals surface area (Å²) in [4.78, 5) is 11.8. The summed E-state index contributed by atoms with van der Waals surface area (Å²) in [5.74, 6) is 1.16. The van der Waals surface area contributed by atoms with Crippen LogP contribution in [-0.2, 0) is 9.53 Å². The van der Waals surface area contributed by atoms with E-state index in [0.29, 0.717) is 13.2 Å². The van der Waals surface area contributed by atoms with Crippen molar-refractivity contribution in [2.24, 2.45) is 0 Å².